The van der Waals surface area contributed by atoms with E-state index in [1.54, 1.807) is 6.20 Å². The monoisotopic (exact) mass is 378 g/mol. The summed E-state index contributed by atoms with van der Waals surface area (Å²) in [6.07, 6.45) is 4.05. The number of piperazine rings is 1. The molecule has 26 heavy (non-hydrogen) atoms. The summed E-state index contributed by atoms with van der Waals surface area (Å²) in [4.78, 5) is 23.4. The van der Waals surface area contributed by atoms with Gasteiger partial charge in [-0.1, -0.05) is 6.07 Å². The number of aromatic nitrogens is 1. The Labute approximate surface area is 154 Å². The van der Waals surface area contributed by atoms with Crippen LogP contribution in [-0.4, -0.2) is 90.3 Å². The number of amides is 1. The molecule has 4 rings (SSSR count). The zero-order valence-electron chi connectivity index (χ0n) is 15.0. The molecule has 142 valence electrons. The summed E-state index contributed by atoms with van der Waals surface area (Å²) in [6, 6.07) is 5.43. The molecule has 0 aromatic carbocycles. The van der Waals surface area contributed by atoms with Crippen LogP contribution in [0.15, 0.2) is 24.4 Å². The first-order valence-electron chi connectivity index (χ1n) is 9.38. The van der Waals surface area contributed by atoms with Gasteiger partial charge in [-0.15, -0.1) is 0 Å². The van der Waals surface area contributed by atoms with Crippen molar-refractivity contribution in [2.24, 2.45) is 0 Å². The zero-order valence-corrected chi connectivity index (χ0v) is 15.8. The second-order valence-corrected chi connectivity index (χ2v) is 9.73. The van der Waals surface area contributed by atoms with Gasteiger partial charge in [0, 0.05) is 31.9 Å². The predicted molar refractivity (Wildman–Crippen MR) is 98.3 cm³/mol. The minimum Gasteiger partial charge on any atom is -0.335 e. The van der Waals surface area contributed by atoms with Crippen molar-refractivity contribution in [1.82, 2.24) is 19.7 Å². The van der Waals surface area contributed by atoms with Gasteiger partial charge in [-0.25, -0.2) is 8.42 Å². The third kappa shape index (κ3) is 3.77. The third-order valence-corrected chi connectivity index (χ3v) is 7.46. The number of likely N-dealkylation sites (tertiary alicyclic amines) is 1. The van der Waals surface area contributed by atoms with Crippen LogP contribution >= 0.6 is 0 Å². The van der Waals surface area contributed by atoms with Crippen LogP contribution in [0.1, 0.15) is 18.5 Å². The number of nitrogens with zero attached hydrogens (tertiary/aromatic N) is 4. The second-order valence-electron chi connectivity index (χ2n) is 7.57. The number of hydrogen-bond donors (Lipinski definition) is 0. The highest BCUT2D eigenvalue weighted by Crippen LogP contribution is 2.28. The average Bonchev–Trinajstić information content (AvgIpc) is 3.22. The summed E-state index contributed by atoms with van der Waals surface area (Å²) in [7, 11) is -3.12. The van der Waals surface area contributed by atoms with Crippen LogP contribution in [-0.2, 0) is 21.2 Å². The molecule has 1 aromatic heterocycles. The molecule has 0 spiro atoms. The third-order valence-electron chi connectivity index (χ3n) is 5.76. The molecule has 1 aromatic rings. The van der Waals surface area contributed by atoms with Crippen molar-refractivity contribution in [1.29, 1.82) is 0 Å². The number of hydrogen-bond acceptors (Lipinski definition) is 6. The van der Waals surface area contributed by atoms with Gasteiger partial charge in [0.25, 0.3) is 0 Å². The number of carbonyl (C=O) groups is 1. The summed E-state index contributed by atoms with van der Waals surface area (Å²) in [5.74, 6) is 0.302. The molecule has 0 N–H and O–H groups in total. The highest BCUT2D eigenvalue weighted by Gasteiger charge is 2.48. The molecule has 0 aliphatic carbocycles. The van der Waals surface area contributed by atoms with Gasteiger partial charge in [0.1, 0.15) is 0 Å². The van der Waals surface area contributed by atoms with Crippen LogP contribution in [0.25, 0.3) is 0 Å². The van der Waals surface area contributed by atoms with Crippen molar-refractivity contribution < 1.29 is 13.2 Å². The quantitative estimate of drug-likeness (QED) is 0.734. The van der Waals surface area contributed by atoms with E-state index in [0.717, 1.165) is 31.6 Å². The molecule has 2 atom stereocenters. The largest absolute Gasteiger partial charge is 0.335 e. The van der Waals surface area contributed by atoms with E-state index < -0.39 is 9.84 Å². The Bertz CT molecular complexity index is 749. The fourth-order valence-corrected chi connectivity index (χ4v) is 6.47. The maximum atomic E-state index is 12.8. The molecular weight excluding hydrogens is 352 g/mol. The van der Waals surface area contributed by atoms with Gasteiger partial charge in [0.2, 0.25) is 5.91 Å². The Morgan fingerprint density at radius 3 is 2.58 bits per heavy atom. The fraction of sp³-hybridized carbons (Fsp3) is 0.667. The second kappa shape index (κ2) is 7.25. The van der Waals surface area contributed by atoms with Gasteiger partial charge < -0.3 is 4.90 Å². The van der Waals surface area contributed by atoms with E-state index in [-0.39, 0.29) is 29.5 Å². The van der Waals surface area contributed by atoms with Crippen LogP contribution in [0.2, 0.25) is 0 Å². The molecule has 3 aliphatic rings. The van der Waals surface area contributed by atoms with E-state index in [9.17, 15) is 13.2 Å². The van der Waals surface area contributed by atoms with Crippen molar-refractivity contribution in [2.75, 3.05) is 44.2 Å². The van der Waals surface area contributed by atoms with Crippen molar-refractivity contribution in [3.8, 4) is 0 Å². The van der Waals surface area contributed by atoms with E-state index in [1.807, 2.05) is 23.1 Å². The Kier molecular flexibility index (Phi) is 4.98. The lowest BCUT2D eigenvalue weighted by molar-refractivity contribution is -0.138. The van der Waals surface area contributed by atoms with Gasteiger partial charge in [-0.05, 0) is 38.1 Å². The number of fused-ring (bicyclic) bond motifs is 1. The van der Waals surface area contributed by atoms with Gasteiger partial charge in [0.15, 0.2) is 9.84 Å². The molecule has 8 heteroatoms. The van der Waals surface area contributed by atoms with E-state index in [1.165, 1.54) is 0 Å². The van der Waals surface area contributed by atoms with Gasteiger partial charge in [0.05, 0.1) is 29.8 Å². The average molecular weight is 378 g/mol. The molecule has 0 bridgehead atoms. The van der Waals surface area contributed by atoms with Crippen molar-refractivity contribution in [3.05, 3.63) is 30.1 Å². The molecule has 7 nitrogen and oxygen atoms in total. The molecule has 0 radical (unpaired) electrons. The zero-order chi connectivity index (χ0) is 18.1. The maximum Gasteiger partial charge on any atom is 0.237 e. The molecule has 1 amide bonds. The number of sulfone groups is 1. The standard InChI is InChI=1S/C18H26N4O3S/c23-18(12-20-7-3-4-8-20)22-10-9-21(11-15-5-1-2-6-19-15)16-13-26(24,25)14-17(16)22/h1-2,5-6,16-17H,3-4,7-14H2/t16-,17+/m1/s1. The summed E-state index contributed by atoms with van der Waals surface area (Å²) in [5.41, 5.74) is 0.937. The lowest BCUT2D eigenvalue weighted by Gasteiger charge is -2.44. The summed E-state index contributed by atoms with van der Waals surface area (Å²) < 4.78 is 24.6. The molecule has 0 saturated carbocycles. The molecule has 0 unspecified atom stereocenters. The molecule has 3 saturated heterocycles. The minimum atomic E-state index is -3.12. The predicted octanol–water partition coefficient (Wildman–Crippen LogP) is -0.0128. The fourth-order valence-electron chi connectivity index (χ4n) is 4.45. The van der Waals surface area contributed by atoms with Gasteiger partial charge in [-0.2, -0.15) is 0 Å². The lowest BCUT2D eigenvalue weighted by atomic mass is 10.0. The van der Waals surface area contributed by atoms with E-state index in [2.05, 4.69) is 14.8 Å². The lowest BCUT2D eigenvalue weighted by Crippen LogP contribution is -2.61. The number of rotatable bonds is 4. The first-order chi connectivity index (χ1) is 12.5. The van der Waals surface area contributed by atoms with Crippen LogP contribution < -0.4 is 0 Å². The van der Waals surface area contributed by atoms with Gasteiger partial charge >= 0.3 is 0 Å². The van der Waals surface area contributed by atoms with E-state index in [0.29, 0.717) is 26.2 Å². The van der Waals surface area contributed by atoms with Crippen LogP contribution in [0, 0.1) is 0 Å². The molecule has 4 heterocycles. The molecule has 3 aliphatic heterocycles. The van der Waals surface area contributed by atoms with E-state index in [4.69, 9.17) is 0 Å². The summed E-state index contributed by atoms with van der Waals surface area (Å²) in [5, 5.41) is 0. The van der Waals surface area contributed by atoms with Crippen molar-refractivity contribution >= 4 is 15.7 Å². The molecular formula is C18H26N4O3S. The van der Waals surface area contributed by atoms with Crippen LogP contribution in [0.3, 0.4) is 0 Å². The van der Waals surface area contributed by atoms with Crippen molar-refractivity contribution in [3.63, 3.8) is 0 Å². The van der Waals surface area contributed by atoms with Gasteiger partial charge in [-0.3, -0.25) is 19.6 Å². The first-order valence-corrected chi connectivity index (χ1v) is 11.2. The minimum absolute atomic E-state index is 0.0801. The Hall–Kier alpha value is -1.51. The Morgan fingerprint density at radius 2 is 1.85 bits per heavy atom. The summed E-state index contributed by atoms with van der Waals surface area (Å²) >= 11 is 0. The highest BCUT2D eigenvalue weighted by molar-refractivity contribution is 7.91. The smallest absolute Gasteiger partial charge is 0.237 e. The molecule has 3 fully saturated rings. The number of carbonyl (C=O) groups excluding carboxylic acids is 1. The first kappa shape index (κ1) is 17.9. The van der Waals surface area contributed by atoms with Crippen molar-refractivity contribution in [2.45, 2.75) is 31.5 Å². The summed E-state index contributed by atoms with van der Waals surface area (Å²) in [6.45, 7) is 4.28. The Morgan fingerprint density at radius 1 is 1.08 bits per heavy atom. The normalized spacial score (nSPS) is 29.0. The topological polar surface area (TPSA) is 73.8 Å². The Balaban J connectivity index is 1.49. The van der Waals surface area contributed by atoms with Crippen LogP contribution in [0.5, 0.6) is 0 Å². The van der Waals surface area contributed by atoms with E-state index >= 15 is 0 Å². The SMILES string of the molecule is O=C(CN1CCCC1)N1CCN(Cc2ccccn2)[C@@H]2CS(=O)(=O)C[C@@H]21. The van der Waals surface area contributed by atoms with Crippen LogP contribution in [0.4, 0.5) is 0 Å². The number of pyridine rings is 1. The maximum absolute atomic E-state index is 12.8. The highest BCUT2D eigenvalue weighted by atomic mass is 32.2.